The largest absolute Gasteiger partial charge is 0.507 e. The smallest absolute Gasteiger partial charge is 0.261 e. The Morgan fingerprint density at radius 1 is 1.20 bits per heavy atom. The summed E-state index contributed by atoms with van der Waals surface area (Å²) in [6, 6.07) is 7.37. The average Bonchev–Trinajstić information content (AvgIpc) is 2.62. The van der Waals surface area contributed by atoms with Gasteiger partial charge in [0.2, 0.25) is 5.91 Å². The van der Waals surface area contributed by atoms with Gasteiger partial charge in [0, 0.05) is 18.0 Å². The Kier molecular flexibility index (Phi) is 4.00. The van der Waals surface area contributed by atoms with Crippen LogP contribution in [-0.2, 0) is 11.3 Å². The summed E-state index contributed by atoms with van der Waals surface area (Å²) in [4.78, 5) is 25.5. The van der Waals surface area contributed by atoms with Crippen LogP contribution >= 0.6 is 0 Å². The van der Waals surface area contributed by atoms with Gasteiger partial charge in [0.05, 0.1) is 17.0 Å². The SMILES string of the molecule is CCn1c(=O)c(C2NC(=O)C3CCCCC3N2)c(O)c2ccccc21. The molecule has 2 heterocycles. The van der Waals surface area contributed by atoms with Gasteiger partial charge in [-0.25, -0.2) is 0 Å². The molecule has 1 aliphatic heterocycles. The van der Waals surface area contributed by atoms with Gasteiger partial charge in [-0.2, -0.15) is 0 Å². The lowest BCUT2D eigenvalue weighted by atomic mass is 9.82. The third kappa shape index (κ3) is 2.52. The third-order valence-corrected chi connectivity index (χ3v) is 5.56. The van der Waals surface area contributed by atoms with Crippen molar-refractivity contribution in [3.05, 3.63) is 40.2 Å². The number of benzene rings is 1. The number of carbonyl (C=O) groups is 1. The summed E-state index contributed by atoms with van der Waals surface area (Å²) in [6.45, 7) is 2.40. The number of hydrogen-bond acceptors (Lipinski definition) is 4. The van der Waals surface area contributed by atoms with Gasteiger partial charge < -0.3 is 15.0 Å². The molecule has 6 heteroatoms. The number of aromatic nitrogens is 1. The second-order valence-electron chi connectivity index (χ2n) is 6.93. The first-order chi connectivity index (χ1) is 12.1. The topological polar surface area (TPSA) is 83.4 Å². The molecule has 0 radical (unpaired) electrons. The fourth-order valence-corrected chi connectivity index (χ4v) is 4.29. The monoisotopic (exact) mass is 341 g/mol. The Balaban J connectivity index is 1.84. The summed E-state index contributed by atoms with van der Waals surface area (Å²) in [5, 5.41) is 17.7. The minimum Gasteiger partial charge on any atom is -0.507 e. The van der Waals surface area contributed by atoms with Gasteiger partial charge in [-0.05, 0) is 31.9 Å². The van der Waals surface area contributed by atoms with Gasteiger partial charge in [-0.3, -0.25) is 14.9 Å². The van der Waals surface area contributed by atoms with E-state index in [0.29, 0.717) is 17.4 Å². The number of carbonyl (C=O) groups excluding carboxylic acids is 1. The highest BCUT2D eigenvalue weighted by Gasteiger charge is 2.39. The van der Waals surface area contributed by atoms with Gasteiger partial charge in [0.15, 0.2) is 0 Å². The van der Waals surface area contributed by atoms with E-state index in [2.05, 4.69) is 10.6 Å². The zero-order valence-electron chi connectivity index (χ0n) is 14.3. The highest BCUT2D eigenvalue weighted by atomic mass is 16.3. The van der Waals surface area contributed by atoms with E-state index in [4.69, 9.17) is 0 Å². The van der Waals surface area contributed by atoms with E-state index in [9.17, 15) is 14.7 Å². The molecule has 1 aliphatic carbocycles. The molecule has 3 unspecified atom stereocenters. The first-order valence-electron chi connectivity index (χ1n) is 9.02. The molecule has 3 N–H and O–H groups in total. The predicted octanol–water partition coefficient (Wildman–Crippen LogP) is 2.00. The summed E-state index contributed by atoms with van der Waals surface area (Å²) >= 11 is 0. The number of hydrogen-bond donors (Lipinski definition) is 3. The van der Waals surface area contributed by atoms with Crippen molar-refractivity contribution in [2.24, 2.45) is 5.92 Å². The van der Waals surface area contributed by atoms with E-state index < -0.39 is 6.17 Å². The number of rotatable bonds is 2. The maximum absolute atomic E-state index is 13.0. The predicted molar refractivity (Wildman–Crippen MR) is 95.3 cm³/mol. The number of amides is 1. The van der Waals surface area contributed by atoms with E-state index in [1.807, 2.05) is 25.1 Å². The molecule has 1 saturated heterocycles. The Labute approximate surface area is 145 Å². The van der Waals surface area contributed by atoms with E-state index in [0.717, 1.165) is 25.7 Å². The summed E-state index contributed by atoms with van der Waals surface area (Å²) in [5.41, 5.74) is 0.678. The second kappa shape index (κ2) is 6.19. The molecule has 6 nitrogen and oxygen atoms in total. The van der Waals surface area contributed by atoms with Crippen LogP contribution in [0.1, 0.15) is 44.3 Å². The van der Waals surface area contributed by atoms with Gasteiger partial charge in [-0.1, -0.05) is 25.0 Å². The number of aryl methyl sites for hydroxylation is 1. The summed E-state index contributed by atoms with van der Waals surface area (Å²) in [7, 11) is 0. The van der Waals surface area contributed by atoms with E-state index in [1.54, 1.807) is 10.6 Å². The summed E-state index contributed by atoms with van der Waals surface area (Å²) in [6.07, 6.45) is 3.29. The van der Waals surface area contributed by atoms with Crippen LogP contribution in [0.5, 0.6) is 5.75 Å². The molecular formula is C19H23N3O3. The standard InChI is InChI=1S/C19H23N3O3/c1-2-22-14-10-6-4-8-12(14)16(23)15(19(22)25)17-20-13-9-5-3-7-11(13)18(24)21-17/h4,6,8,10-11,13,17,20,23H,2-3,5,7,9H2,1H3,(H,21,24). The zero-order chi connectivity index (χ0) is 17.6. The minimum atomic E-state index is -0.651. The summed E-state index contributed by atoms with van der Waals surface area (Å²) in [5.74, 6) is -0.109. The minimum absolute atomic E-state index is 0.0246. The van der Waals surface area contributed by atoms with Crippen molar-refractivity contribution >= 4 is 16.8 Å². The van der Waals surface area contributed by atoms with Crippen molar-refractivity contribution in [3.8, 4) is 5.75 Å². The number of aromatic hydroxyl groups is 1. The molecule has 25 heavy (non-hydrogen) atoms. The van der Waals surface area contributed by atoms with Crippen molar-refractivity contribution in [1.29, 1.82) is 0 Å². The Bertz CT molecular complexity index is 889. The van der Waals surface area contributed by atoms with Crippen LogP contribution in [0.25, 0.3) is 10.9 Å². The number of fused-ring (bicyclic) bond motifs is 2. The number of nitrogens with zero attached hydrogens (tertiary/aromatic N) is 1. The molecule has 1 amide bonds. The molecule has 1 aromatic carbocycles. The van der Waals surface area contributed by atoms with Crippen LogP contribution in [0.15, 0.2) is 29.1 Å². The molecule has 0 spiro atoms. The van der Waals surface area contributed by atoms with E-state index in [1.165, 1.54) is 0 Å². The molecule has 2 aliphatic rings. The molecule has 132 valence electrons. The number of para-hydroxylation sites is 1. The van der Waals surface area contributed by atoms with E-state index in [-0.39, 0.29) is 34.7 Å². The molecule has 3 atom stereocenters. The van der Waals surface area contributed by atoms with Gasteiger partial charge in [-0.15, -0.1) is 0 Å². The van der Waals surface area contributed by atoms with Crippen LogP contribution in [0.2, 0.25) is 0 Å². The molecular weight excluding hydrogens is 318 g/mol. The Morgan fingerprint density at radius 2 is 1.96 bits per heavy atom. The maximum Gasteiger partial charge on any atom is 0.261 e. The average molecular weight is 341 g/mol. The Hall–Kier alpha value is -2.34. The molecule has 1 aromatic heterocycles. The highest BCUT2D eigenvalue weighted by Crippen LogP contribution is 2.34. The van der Waals surface area contributed by atoms with Crippen molar-refractivity contribution in [2.75, 3.05) is 0 Å². The van der Waals surface area contributed by atoms with Gasteiger partial charge in [0.25, 0.3) is 5.56 Å². The van der Waals surface area contributed by atoms with Crippen LogP contribution in [0, 0.1) is 5.92 Å². The molecule has 2 fully saturated rings. The Morgan fingerprint density at radius 3 is 2.76 bits per heavy atom. The molecule has 2 aromatic rings. The third-order valence-electron chi connectivity index (χ3n) is 5.56. The second-order valence-corrected chi connectivity index (χ2v) is 6.93. The first-order valence-corrected chi connectivity index (χ1v) is 9.02. The maximum atomic E-state index is 13.0. The quantitative estimate of drug-likeness (QED) is 0.780. The lowest BCUT2D eigenvalue weighted by Gasteiger charge is -2.40. The lowest BCUT2D eigenvalue weighted by molar-refractivity contribution is -0.130. The van der Waals surface area contributed by atoms with Crippen molar-refractivity contribution in [1.82, 2.24) is 15.2 Å². The van der Waals surface area contributed by atoms with Gasteiger partial charge in [0.1, 0.15) is 11.9 Å². The fraction of sp³-hybridized carbons (Fsp3) is 0.474. The molecule has 4 rings (SSSR count). The highest BCUT2D eigenvalue weighted by molar-refractivity contribution is 5.87. The first kappa shape index (κ1) is 16.1. The zero-order valence-corrected chi connectivity index (χ0v) is 14.3. The van der Waals surface area contributed by atoms with Crippen LogP contribution in [0.4, 0.5) is 0 Å². The van der Waals surface area contributed by atoms with Crippen LogP contribution < -0.4 is 16.2 Å². The number of nitrogens with one attached hydrogen (secondary N) is 2. The van der Waals surface area contributed by atoms with Crippen LogP contribution in [-0.4, -0.2) is 21.6 Å². The fourth-order valence-electron chi connectivity index (χ4n) is 4.29. The molecule has 1 saturated carbocycles. The van der Waals surface area contributed by atoms with Crippen molar-refractivity contribution < 1.29 is 9.90 Å². The normalized spacial score (nSPS) is 26.3. The van der Waals surface area contributed by atoms with E-state index >= 15 is 0 Å². The van der Waals surface area contributed by atoms with Crippen LogP contribution in [0.3, 0.4) is 0 Å². The van der Waals surface area contributed by atoms with Crippen molar-refractivity contribution in [2.45, 2.75) is 51.4 Å². The lowest BCUT2D eigenvalue weighted by Crippen LogP contribution is -2.58. The van der Waals surface area contributed by atoms with Crippen molar-refractivity contribution in [3.63, 3.8) is 0 Å². The summed E-state index contributed by atoms with van der Waals surface area (Å²) < 4.78 is 1.64. The van der Waals surface area contributed by atoms with Gasteiger partial charge >= 0.3 is 0 Å². The number of pyridine rings is 1. The molecule has 0 bridgehead atoms.